The van der Waals surface area contributed by atoms with Crippen LogP contribution in [-0.2, 0) is 17.1 Å². The summed E-state index contributed by atoms with van der Waals surface area (Å²) in [6.45, 7) is 3.41. The van der Waals surface area contributed by atoms with Crippen molar-refractivity contribution in [1.29, 1.82) is 0 Å². The minimum absolute atomic E-state index is 0.158. The molecule has 0 bridgehead atoms. The first-order valence-electron chi connectivity index (χ1n) is 9.18. The van der Waals surface area contributed by atoms with Gasteiger partial charge in [-0.3, -0.25) is 4.79 Å². The lowest BCUT2D eigenvalue weighted by Crippen LogP contribution is -2.34. The van der Waals surface area contributed by atoms with Gasteiger partial charge in [-0.2, -0.15) is 0 Å². The van der Waals surface area contributed by atoms with E-state index in [1.54, 1.807) is 6.07 Å². The van der Waals surface area contributed by atoms with Gasteiger partial charge in [-0.25, -0.2) is 12.4 Å². The Morgan fingerprint density at radius 2 is 1.85 bits per heavy atom. The number of amides is 1. The summed E-state index contributed by atoms with van der Waals surface area (Å²) >= 11 is 0. The van der Waals surface area contributed by atoms with E-state index in [0.29, 0.717) is 12.1 Å². The average Bonchev–Trinajstić information content (AvgIpc) is 3.32. The van der Waals surface area contributed by atoms with E-state index in [-0.39, 0.29) is 11.6 Å². The Morgan fingerprint density at radius 1 is 1.15 bits per heavy atom. The highest BCUT2D eigenvalue weighted by Gasteiger charge is 2.25. The minimum atomic E-state index is -3.65. The first-order valence-corrected chi connectivity index (χ1v) is 11.0. The van der Waals surface area contributed by atoms with E-state index in [1.165, 1.54) is 16.8 Å². The second-order valence-corrected chi connectivity index (χ2v) is 9.00. The monoisotopic (exact) mass is 388 g/mol. The van der Waals surface area contributed by atoms with Gasteiger partial charge < -0.3 is 14.8 Å². The summed E-state index contributed by atoms with van der Waals surface area (Å²) in [6, 6.07) is 9.28. The molecule has 8 heteroatoms. The van der Waals surface area contributed by atoms with Crippen molar-refractivity contribution < 1.29 is 13.2 Å². The summed E-state index contributed by atoms with van der Waals surface area (Å²) in [6.07, 6.45) is 3.53. The topological polar surface area (TPSA) is 76.3 Å². The first kappa shape index (κ1) is 18.1. The number of nitrogens with zero attached hydrogens (tertiary/aromatic N) is 3. The maximum Gasteiger partial charge on any atom is 0.269 e. The van der Waals surface area contributed by atoms with E-state index >= 15 is 0 Å². The van der Waals surface area contributed by atoms with Crippen LogP contribution in [0.4, 0.5) is 0 Å². The molecule has 1 aliphatic rings. The summed E-state index contributed by atoms with van der Waals surface area (Å²) in [5.74, 6) is -0.361. The highest BCUT2D eigenvalue weighted by molar-refractivity contribution is 7.89. The number of likely N-dealkylation sites (tertiary alicyclic amines) is 1. The molecule has 4 rings (SSSR count). The molecule has 0 unspecified atom stereocenters. The molecule has 3 aromatic rings. The standard InChI is InChI=1S/C19H24N4O3S/c1-21-15-8-4-3-7-14(15)18-16(21)13-17(23(18)27(2,25)26)19(24)20-9-12-22-10-5-6-11-22/h3-4,7-8,13H,5-6,9-12H2,1-2H3,(H,20,24). The van der Waals surface area contributed by atoms with Gasteiger partial charge in [-0.1, -0.05) is 18.2 Å². The van der Waals surface area contributed by atoms with Crippen LogP contribution in [0.2, 0.25) is 0 Å². The molecule has 3 heterocycles. The number of nitrogens with one attached hydrogen (secondary N) is 1. The van der Waals surface area contributed by atoms with Crippen LogP contribution in [-0.4, -0.2) is 60.2 Å². The highest BCUT2D eigenvalue weighted by Crippen LogP contribution is 2.31. The predicted molar refractivity (Wildman–Crippen MR) is 107 cm³/mol. The van der Waals surface area contributed by atoms with E-state index in [4.69, 9.17) is 0 Å². The number of carbonyl (C=O) groups is 1. The van der Waals surface area contributed by atoms with Gasteiger partial charge in [0.1, 0.15) is 5.69 Å². The molecular formula is C19H24N4O3S. The molecule has 0 radical (unpaired) electrons. The third-order valence-electron chi connectivity index (χ3n) is 5.30. The Balaban J connectivity index is 1.73. The van der Waals surface area contributed by atoms with Gasteiger partial charge in [0, 0.05) is 25.5 Å². The van der Waals surface area contributed by atoms with Gasteiger partial charge >= 0.3 is 0 Å². The maximum absolute atomic E-state index is 12.8. The van der Waals surface area contributed by atoms with Gasteiger partial charge in [-0.05, 0) is 38.1 Å². The zero-order valence-electron chi connectivity index (χ0n) is 15.6. The Hall–Kier alpha value is -2.32. The van der Waals surface area contributed by atoms with E-state index in [0.717, 1.165) is 42.3 Å². The number of hydrogen-bond acceptors (Lipinski definition) is 4. The van der Waals surface area contributed by atoms with Crippen LogP contribution in [0.1, 0.15) is 23.3 Å². The average molecular weight is 388 g/mol. The number of rotatable bonds is 5. The smallest absolute Gasteiger partial charge is 0.269 e. The van der Waals surface area contributed by atoms with Crippen molar-refractivity contribution in [3.63, 3.8) is 0 Å². The molecule has 1 N–H and O–H groups in total. The second-order valence-electron chi connectivity index (χ2n) is 7.17. The molecule has 1 saturated heterocycles. The molecule has 1 aliphatic heterocycles. The van der Waals surface area contributed by atoms with Crippen LogP contribution in [0, 0.1) is 0 Å². The number of benzene rings is 1. The molecule has 1 aromatic carbocycles. The van der Waals surface area contributed by atoms with Crippen molar-refractivity contribution in [2.24, 2.45) is 7.05 Å². The Kier molecular flexibility index (Phi) is 4.47. The van der Waals surface area contributed by atoms with Crippen LogP contribution < -0.4 is 5.32 Å². The van der Waals surface area contributed by atoms with E-state index in [2.05, 4.69) is 10.2 Å². The van der Waals surface area contributed by atoms with Gasteiger partial charge in [0.25, 0.3) is 5.91 Å². The number of carbonyl (C=O) groups excluding carboxylic acids is 1. The number of para-hydroxylation sites is 1. The van der Waals surface area contributed by atoms with Crippen LogP contribution in [0.25, 0.3) is 21.9 Å². The van der Waals surface area contributed by atoms with Crippen molar-refractivity contribution in [3.8, 4) is 0 Å². The van der Waals surface area contributed by atoms with Crippen LogP contribution in [0.15, 0.2) is 30.3 Å². The lowest BCUT2D eigenvalue weighted by atomic mass is 10.2. The maximum atomic E-state index is 12.8. The number of aryl methyl sites for hydroxylation is 1. The van der Waals surface area contributed by atoms with Crippen LogP contribution in [0.3, 0.4) is 0 Å². The predicted octanol–water partition coefficient (Wildman–Crippen LogP) is 1.77. The molecular weight excluding hydrogens is 364 g/mol. The normalized spacial score (nSPS) is 15.8. The number of hydrogen-bond donors (Lipinski definition) is 1. The molecule has 1 fully saturated rings. The molecule has 27 heavy (non-hydrogen) atoms. The third-order valence-corrected chi connectivity index (χ3v) is 6.34. The molecule has 0 saturated carbocycles. The zero-order valence-corrected chi connectivity index (χ0v) is 16.4. The molecule has 144 valence electrons. The van der Waals surface area contributed by atoms with Crippen molar-refractivity contribution in [1.82, 2.24) is 18.8 Å². The molecule has 1 amide bonds. The van der Waals surface area contributed by atoms with Gasteiger partial charge in [-0.15, -0.1) is 0 Å². The van der Waals surface area contributed by atoms with Gasteiger partial charge in [0.15, 0.2) is 0 Å². The number of aromatic nitrogens is 2. The summed E-state index contributed by atoms with van der Waals surface area (Å²) in [5, 5.41) is 3.70. The summed E-state index contributed by atoms with van der Waals surface area (Å²) < 4.78 is 28.2. The zero-order chi connectivity index (χ0) is 19.2. The lowest BCUT2D eigenvalue weighted by Gasteiger charge is -2.15. The minimum Gasteiger partial charge on any atom is -0.349 e. The summed E-state index contributed by atoms with van der Waals surface area (Å²) in [5.41, 5.74) is 2.37. The van der Waals surface area contributed by atoms with Crippen LogP contribution in [0.5, 0.6) is 0 Å². The fourth-order valence-corrected chi connectivity index (χ4v) is 5.02. The molecule has 0 atom stereocenters. The second kappa shape index (κ2) is 6.69. The fraction of sp³-hybridized carbons (Fsp3) is 0.421. The lowest BCUT2D eigenvalue weighted by molar-refractivity contribution is 0.0944. The van der Waals surface area contributed by atoms with E-state index in [9.17, 15) is 13.2 Å². The van der Waals surface area contributed by atoms with Crippen molar-refractivity contribution in [2.75, 3.05) is 32.4 Å². The fourth-order valence-electron chi connectivity index (χ4n) is 4.01. The molecule has 7 nitrogen and oxygen atoms in total. The Labute approximate surface area is 158 Å². The summed E-state index contributed by atoms with van der Waals surface area (Å²) in [7, 11) is -1.77. The molecule has 0 spiro atoms. The Bertz CT molecular complexity index is 1120. The largest absolute Gasteiger partial charge is 0.349 e. The first-order chi connectivity index (χ1) is 12.9. The summed E-state index contributed by atoms with van der Waals surface area (Å²) in [4.78, 5) is 15.1. The third kappa shape index (κ3) is 3.12. The van der Waals surface area contributed by atoms with Crippen molar-refractivity contribution >= 4 is 37.9 Å². The Morgan fingerprint density at radius 3 is 2.56 bits per heavy atom. The quantitative estimate of drug-likeness (QED) is 0.723. The van der Waals surface area contributed by atoms with E-state index in [1.807, 2.05) is 35.9 Å². The van der Waals surface area contributed by atoms with Gasteiger partial charge in [0.2, 0.25) is 10.0 Å². The van der Waals surface area contributed by atoms with Crippen LogP contribution >= 0.6 is 0 Å². The van der Waals surface area contributed by atoms with Crippen molar-refractivity contribution in [3.05, 3.63) is 36.0 Å². The van der Waals surface area contributed by atoms with Gasteiger partial charge in [0.05, 0.1) is 22.8 Å². The highest BCUT2D eigenvalue weighted by atomic mass is 32.2. The SMILES string of the molecule is Cn1c2ccccc2c2c1cc(C(=O)NCCN1CCCC1)n2S(C)(=O)=O. The molecule has 0 aliphatic carbocycles. The number of fused-ring (bicyclic) bond motifs is 3. The molecule has 2 aromatic heterocycles. The van der Waals surface area contributed by atoms with E-state index < -0.39 is 10.0 Å². The van der Waals surface area contributed by atoms with Crippen molar-refractivity contribution in [2.45, 2.75) is 12.8 Å².